The average Bonchev–Trinajstić information content (AvgIpc) is 3.59. The van der Waals surface area contributed by atoms with Crippen LogP contribution in [0.3, 0.4) is 0 Å². The number of aromatic nitrogens is 2. The number of imidazole rings is 1. The van der Waals surface area contributed by atoms with E-state index in [1.165, 1.54) is 44.6 Å². The second-order valence-corrected chi connectivity index (χ2v) is 13.4. The van der Waals surface area contributed by atoms with Gasteiger partial charge in [0.25, 0.3) is 5.82 Å². The zero-order chi connectivity index (χ0) is 31.6. The molecule has 2 aromatic heterocycles. The molecule has 0 aliphatic rings. The predicted octanol–water partition coefficient (Wildman–Crippen LogP) is 11.0. The molecule has 0 aliphatic carbocycles. The fourth-order valence-electron chi connectivity index (χ4n) is 7.00. The number of hydrogen-bond acceptors (Lipinski definition) is 1. The maximum absolute atomic E-state index is 6.65. The van der Waals surface area contributed by atoms with Gasteiger partial charge < -0.3 is 4.42 Å². The molecule has 0 saturated carbocycles. The second kappa shape index (κ2) is 10.6. The second-order valence-electron chi connectivity index (χ2n) is 13.4. The van der Waals surface area contributed by atoms with Gasteiger partial charge in [0, 0.05) is 16.3 Å². The number of hydrogen-bond donors (Lipinski definition) is 0. The first-order valence-corrected chi connectivity index (χ1v) is 16.0. The zero-order valence-electron chi connectivity index (χ0n) is 27.0. The molecular weight excluding hydrogens is 560 g/mol. The Balaban J connectivity index is 1.37. The van der Waals surface area contributed by atoms with Crippen LogP contribution >= 0.6 is 0 Å². The van der Waals surface area contributed by atoms with E-state index in [2.05, 4.69) is 171 Å². The van der Waals surface area contributed by atoms with E-state index in [-0.39, 0.29) is 5.41 Å². The molecule has 3 nitrogen and oxygen atoms in total. The Hall–Kier alpha value is -5.41. The summed E-state index contributed by atoms with van der Waals surface area (Å²) < 4.78 is 11.4. The number of furan rings is 1. The molecule has 8 rings (SSSR count). The fraction of sp³-hybridized carbons (Fsp3) is 0.140. The van der Waals surface area contributed by atoms with Crippen molar-refractivity contribution >= 4 is 33.0 Å². The molecule has 6 aromatic carbocycles. The van der Waals surface area contributed by atoms with Crippen LogP contribution in [0.1, 0.15) is 31.9 Å². The van der Waals surface area contributed by atoms with Gasteiger partial charge in [0.2, 0.25) is 0 Å². The first-order valence-electron chi connectivity index (χ1n) is 16.0. The quantitative estimate of drug-likeness (QED) is 0.185. The molecule has 8 aromatic rings. The molecule has 0 spiro atoms. The van der Waals surface area contributed by atoms with Crippen molar-refractivity contribution in [1.82, 2.24) is 4.57 Å². The molecule has 0 aliphatic heterocycles. The van der Waals surface area contributed by atoms with Crippen LogP contribution in [0.5, 0.6) is 0 Å². The van der Waals surface area contributed by atoms with Gasteiger partial charge in [-0.05, 0) is 70.5 Å². The minimum atomic E-state index is -0.114. The van der Waals surface area contributed by atoms with Crippen LogP contribution in [0, 0.1) is 6.92 Å². The molecule has 2 heterocycles. The molecule has 0 N–H and O–H groups in total. The van der Waals surface area contributed by atoms with Gasteiger partial charge in [-0.25, -0.2) is 4.57 Å². The third kappa shape index (κ3) is 4.46. The Morgan fingerprint density at radius 2 is 1.24 bits per heavy atom. The number of para-hydroxylation sites is 3. The summed E-state index contributed by atoms with van der Waals surface area (Å²) in [6.07, 6.45) is 0. The van der Waals surface area contributed by atoms with Crippen molar-refractivity contribution in [2.45, 2.75) is 33.1 Å². The lowest BCUT2D eigenvalue weighted by Crippen LogP contribution is -2.30. The lowest BCUT2D eigenvalue weighted by atomic mass is 9.83. The van der Waals surface area contributed by atoms with E-state index in [0.29, 0.717) is 0 Å². The van der Waals surface area contributed by atoms with E-state index in [1.54, 1.807) is 0 Å². The normalized spacial score (nSPS) is 12.0. The van der Waals surface area contributed by atoms with Crippen molar-refractivity contribution in [3.8, 4) is 39.3 Å². The monoisotopic (exact) mass is 597 g/mol. The summed E-state index contributed by atoms with van der Waals surface area (Å²) in [4.78, 5) is 0. The van der Waals surface area contributed by atoms with Gasteiger partial charge in [0.05, 0.1) is 7.05 Å². The topological polar surface area (TPSA) is 21.9 Å². The molecule has 0 amide bonds. The smallest absolute Gasteiger partial charge is 0.298 e. The maximum atomic E-state index is 6.65. The van der Waals surface area contributed by atoms with Gasteiger partial charge in [-0.15, -0.1) is 0 Å². The molecule has 0 atom stereocenters. The number of rotatable bonds is 4. The molecule has 0 saturated heterocycles. The number of nitrogens with zero attached hydrogens (tertiary/aromatic N) is 2. The molecule has 0 unspecified atom stereocenters. The van der Waals surface area contributed by atoms with Gasteiger partial charge in [-0.3, -0.25) is 0 Å². The van der Waals surface area contributed by atoms with Gasteiger partial charge in [-0.1, -0.05) is 124 Å². The van der Waals surface area contributed by atoms with Gasteiger partial charge in [0.15, 0.2) is 16.6 Å². The van der Waals surface area contributed by atoms with Crippen molar-refractivity contribution < 1.29 is 8.98 Å². The first kappa shape index (κ1) is 28.1. The largest absolute Gasteiger partial charge is 0.455 e. The number of aryl methyl sites for hydroxylation is 2. The Labute approximate surface area is 270 Å². The zero-order valence-corrected chi connectivity index (χ0v) is 27.0. The SMILES string of the molecule is Cc1ccc2c(oc3ccccc32)c1-c1n(-c2ccc(-c3ccc(-c4ccccc4)cc3)cc2C(C)(C)C)c2ccccc2[n+]1C. The van der Waals surface area contributed by atoms with Crippen LogP contribution in [-0.2, 0) is 12.5 Å². The van der Waals surface area contributed by atoms with Crippen molar-refractivity contribution in [2.75, 3.05) is 0 Å². The van der Waals surface area contributed by atoms with E-state index in [9.17, 15) is 0 Å². The highest BCUT2D eigenvalue weighted by Crippen LogP contribution is 2.41. The highest BCUT2D eigenvalue weighted by Gasteiger charge is 2.33. The Bertz CT molecular complexity index is 2400. The minimum Gasteiger partial charge on any atom is -0.455 e. The highest BCUT2D eigenvalue weighted by atomic mass is 16.3. The van der Waals surface area contributed by atoms with Gasteiger partial charge >= 0.3 is 0 Å². The standard InChI is InChI=1S/C43H37N2O/c1-28-19-25-34-33-15-9-12-18-39(33)46-41(34)40(28)42-44(5)37-16-10-11-17-38(37)45(42)36-26-24-32(27-35(36)43(2,3)4)31-22-20-30(21-23-31)29-13-7-6-8-14-29/h6-27H,1-5H3/q+1. The van der Waals surface area contributed by atoms with E-state index >= 15 is 0 Å². The summed E-state index contributed by atoms with van der Waals surface area (Å²) in [5.74, 6) is 1.11. The van der Waals surface area contributed by atoms with Crippen molar-refractivity contribution in [3.63, 3.8) is 0 Å². The average molecular weight is 598 g/mol. The molecule has 0 fully saturated rings. The van der Waals surface area contributed by atoms with Crippen molar-refractivity contribution in [2.24, 2.45) is 7.05 Å². The molecular formula is C43H37N2O+. The number of fused-ring (bicyclic) bond motifs is 4. The van der Waals surface area contributed by atoms with Crippen molar-refractivity contribution in [1.29, 1.82) is 0 Å². The Kier molecular flexibility index (Phi) is 6.47. The fourth-order valence-corrected chi connectivity index (χ4v) is 7.00. The Morgan fingerprint density at radius 3 is 2.00 bits per heavy atom. The Morgan fingerprint density at radius 1 is 0.609 bits per heavy atom. The van der Waals surface area contributed by atoms with Crippen LogP contribution in [0.15, 0.2) is 138 Å². The van der Waals surface area contributed by atoms with Crippen LogP contribution in [0.4, 0.5) is 0 Å². The van der Waals surface area contributed by atoms with Crippen LogP contribution < -0.4 is 4.57 Å². The predicted molar refractivity (Wildman–Crippen MR) is 191 cm³/mol. The third-order valence-electron chi connectivity index (χ3n) is 9.36. The highest BCUT2D eigenvalue weighted by molar-refractivity contribution is 6.09. The summed E-state index contributed by atoms with van der Waals surface area (Å²) in [5, 5.41) is 2.28. The van der Waals surface area contributed by atoms with E-state index in [0.717, 1.165) is 38.8 Å². The molecule has 3 heteroatoms. The van der Waals surface area contributed by atoms with Crippen LogP contribution in [0.2, 0.25) is 0 Å². The molecule has 224 valence electrons. The number of benzene rings is 6. The summed E-state index contributed by atoms with van der Waals surface area (Å²) in [6.45, 7) is 9.12. The van der Waals surface area contributed by atoms with Crippen molar-refractivity contribution in [3.05, 3.63) is 145 Å². The lowest BCUT2D eigenvalue weighted by Gasteiger charge is -2.23. The third-order valence-corrected chi connectivity index (χ3v) is 9.36. The minimum absolute atomic E-state index is 0.114. The van der Waals surface area contributed by atoms with Crippen LogP contribution in [-0.4, -0.2) is 4.57 Å². The van der Waals surface area contributed by atoms with E-state index in [1.807, 2.05) is 6.07 Å². The first-order chi connectivity index (χ1) is 22.3. The summed E-state index contributed by atoms with van der Waals surface area (Å²) in [7, 11) is 2.18. The van der Waals surface area contributed by atoms with Gasteiger partial charge in [-0.2, -0.15) is 4.57 Å². The summed E-state index contributed by atoms with van der Waals surface area (Å²) in [5.41, 5.74) is 13.7. The summed E-state index contributed by atoms with van der Waals surface area (Å²) in [6, 6.07) is 47.9. The molecule has 0 bridgehead atoms. The molecule has 46 heavy (non-hydrogen) atoms. The van der Waals surface area contributed by atoms with E-state index < -0.39 is 0 Å². The summed E-state index contributed by atoms with van der Waals surface area (Å²) >= 11 is 0. The van der Waals surface area contributed by atoms with Crippen LogP contribution in [0.25, 0.3) is 72.3 Å². The van der Waals surface area contributed by atoms with Gasteiger partial charge in [0.1, 0.15) is 16.8 Å². The lowest BCUT2D eigenvalue weighted by molar-refractivity contribution is -0.633. The van der Waals surface area contributed by atoms with E-state index in [4.69, 9.17) is 4.42 Å². The molecule has 0 radical (unpaired) electrons. The maximum Gasteiger partial charge on any atom is 0.298 e.